The predicted octanol–water partition coefficient (Wildman–Crippen LogP) is 0.636. The van der Waals surface area contributed by atoms with Crippen LogP contribution in [-0.4, -0.2) is 29.1 Å². The van der Waals surface area contributed by atoms with Crippen LogP contribution in [0.5, 0.6) is 0 Å². The molecule has 0 radical (unpaired) electrons. The molecule has 0 aromatic heterocycles. The van der Waals surface area contributed by atoms with Crippen molar-refractivity contribution in [3.8, 4) is 0 Å². The van der Waals surface area contributed by atoms with E-state index < -0.39 is 4.92 Å². The molecule has 1 rings (SSSR count). The van der Waals surface area contributed by atoms with E-state index in [1.807, 2.05) is 0 Å². The Morgan fingerprint density at radius 3 is 2.76 bits per heavy atom. The molecule has 0 aliphatic heterocycles. The molecule has 0 aliphatic carbocycles. The number of carbonyl (C=O) groups is 1. The highest BCUT2D eigenvalue weighted by Gasteiger charge is 2.14. The zero-order valence-corrected chi connectivity index (χ0v) is 9.26. The number of hydrogen-bond acceptors (Lipinski definition) is 4. The molecule has 0 saturated carbocycles. The molecule has 6 nitrogen and oxygen atoms in total. The van der Waals surface area contributed by atoms with Gasteiger partial charge in [0.2, 0.25) is 5.91 Å². The van der Waals surface area contributed by atoms with E-state index in [9.17, 15) is 14.9 Å². The molecule has 0 spiro atoms. The molecule has 1 aromatic carbocycles. The highest BCUT2D eigenvalue weighted by Crippen LogP contribution is 2.17. The molecule has 17 heavy (non-hydrogen) atoms. The van der Waals surface area contributed by atoms with Gasteiger partial charge >= 0.3 is 0 Å². The number of nitrogens with zero attached hydrogens (tertiary/aromatic N) is 1. The molecule has 0 bridgehead atoms. The molecule has 1 aromatic rings. The fourth-order valence-corrected chi connectivity index (χ4v) is 1.38. The second-order valence-corrected chi connectivity index (χ2v) is 3.49. The molecule has 0 atom stereocenters. The molecular weight excluding hydrogens is 224 g/mol. The maximum absolute atomic E-state index is 11.4. The van der Waals surface area contributed by atoms with Crippen LogP contribution in [0.4, 0.5) is 5.69 Å². The topological polar surface area (TPSA) is 92.5 Å². The van der Waals surface area contributed by atoms with Gasteiger partial charge in [-0.05, 0) is 6.42 Å². The van der Waals surface area contributed by atoms with E-state index in [0.717, 1.165) is 0 Å². The second kappa shape index (κ2) is 6.59. The van der Waals surface area contributed by atoms with Crippen molar-refractivity contribution in [2.75, 3.05) is 13.2 Å². The van der Waals surface area contributed by atoms with Crippen molar-refractivity contribution in [2.24, 2.45) is 0 Å². The number of carbonyl (C=O) groups excluding carboxylic acids is 1. The summed E-state index contributed by atoms with van der Waals surface area (Å²) in [6.07, 6.45) is 0.450. The minimum atomic E-state index is -0.504. The summed E-state index contributed by atoms with van der Waals surface area (Å²) in [4.78, 5) is 21.6. The van der Waals surface area contributed by atoms with Crippen molar-refractivity contribution in [3.05, 3.63) is 39.9 Å². The minimum absolute atomic E-state index is 0.00572. The van der Waals surface area contributed by atoms with Gasteiger partial charge in [-0.15, -0.1) is 0 Å². The van der Waals surface area contributed by atoms with Crippen molar-refractivity contribution in [2.45, 2.75) is 12.8 Å². The zero-order chi connectivity index (χ0) is 12.7. The fourth-order valence-electron chi connectivity index (χ4n) is 1.38. The first-order chi connectivity index (χ1) is 8.15. The average Bonchev–Trinajstić information content (AvgIpc) is 2.29. The van der Waals surface area contributed by atoms with Crippen LogP contribution < -0.4 is 5.32 Å². The molecular formula is C11H14N2O4. The third-order valence-corrected chi connectivity index (χ3v) is 2.20. The van der Waals surface area contributed by atoms with E-state index in [1.165, 1.54) is 6.07 Å². The highest BCUT2D eigenvalue weighted by atomic mass is 16.6. The number of para-hydroxylation sites is 1. The molecule has 2 N–H and O–H groups in total. The quantitative estimate of drug-likeness (QED) is 0.432. The molecule has 0 heterocycles. The summed E-state index contributed by atoms with van der Waals surface area (Å²) < 4.78 is 0. The van der Waals surface area contributed by atoms with Gasteiger partial charge in [-0.25, -0.2) is 0 Å². The number of hydrogen-bond donors (Lipinski definition) is 2. The zero-order valence-electron chi connectivity index (χ0n) is 9.26. The standard InChI is InChI=1S/C11H14N2O4/c14-7-3-6-12-11(15)8-9-4-1-2-5-10(9)13(16)17/h1-2,4-5,14H,3,6-8H2,(H,12,15). The maximum atomic E-state index is 11.4. The number of rotatable bonds is 6. The van der Waals surface area contributed by atoms with Crippen molar-refractivity contribution in [3.63, 3.8) is 0 Å². The first kappa shape index (κ1) is 13.1. The van der Waals surface area contributed by atoms with Gasteiger partial charge in [0.1, 0.15) is 0 Å². The number of nitro benzene ring substituents is 1. The van der Waals surface area contributed by atoms with Crippen LogP contribution in [0.3, 0.4) is 0 Å². The van der Waals surface area contributed by atoms with Crippen LogP contribution >= 0.6 is 0 Å². The number of benzene rings is 1. The van der Waals surface area contributed by atoms with E-state index >= 15 is 0 Å². The Morgan fingerprint density at radius 1 is 1.41 bits per heavy atom. The van der Waals surface area contributed by atoms with Gasteiger partial charge in [-0.2, -0.15) is 0 Å². The van der Waals surface area contributed by atoms with Gasteiger partial charge in [-0.3, -0.25) is 14.9 Å². The minimum Gasteiger partial charge on any atom is -0.396 e. The van der Waals surface area contributed by atoms with E-state index in [-0.39, 0.29) is 24.6 Å². The first-order valence-electron chi connectivity index (χ1n) is 5.25. The smallest absolute Gasteiger partial charge is 0.273 e. The van der Waals surface area contributed by atoms with Crippen LogP contribution in [0.25, 0.3) is 0 Å². The number of aliphatic hydroxyl groups excluding tert-OH is 1. The molecule has 1 amide bonds. The molecule has 6 heteroatoms. The Morgan fingerprint density at radius 2 is 2.12 bits per heavy atom. The first-order valence-corrected chi connectivity index (χ1v) is 5.25. The number of aliphatic hydroxyl groups is 1. The maximum Gasteiger partial charge on any atom is 0.273 e. The summed E-state index contributed by atoms with van der Waals surface area (Å²) in [5.41, 5.74) is 0.337. The van der Waals surface area contributed by atoms with Crippen LogP contribution in [-0.2, 0) is 11.2 Å². The molecule has 0 saturated heterocycles. The van der Waals surface area contributed by atoms with Crippen molar-refractivity contribution >= 4 is 11.6 Å². The molecule has 0 aliphatic rings. The summed E-state index contributed by atoms with van der Waals surface area (Å²) in [5.74, 6) is -0.284. The summed E-state index contributed by atoms with van der Waals surface area (Å²) >= 11 is 0. The predicted molar refractivity (Wildman–Crippen MR) is 61.5 cm³/mol. The van der Waals surface area contributed by atoms with Gasteiger partial charge in [0.15, 0.2) is 0 Å². The Bertz CT molecular complexity index is 406. The van der Waals surface area contributed by atoms with Crippen molar-refractivity contribution < 1.29 is 14.8 Å². The highest BCUT2D eigenvalue weighted by molar-refractivity contribution is 5.79. The number of nitrogens with one attached hydrogen (secondary N) is 1. The van der Waals surface area contributed by atoms with Crippen LogP contribution in [0.1, 0.15) is 12.0 Å². The number of amides is 1. The Hall–Kier alpha value is -1.95. The third kappa shape index (κ3) is 4.20. The molecule has 92 valence electrons. The molecule has 0 fully saturated rings. The Kier molecular flexibility index (Phi) is 5.09. The summed E-state index contributed by atoms with van der Waals surface area (Å²) in [7, 11) is 0. The second-order valence-electron chi connectivity index (χ2n) is 3.49. The van der Waals surface area contributed by atoms with Crippen LogP contribution in [0, 0.1) is 10.1 Å². The van der Waals surface area contributed by atoms with E-state index in [1.54, 1.807) is 18.2 Å². The lowest BCUT2D eigenvalue weighted by molar-refractivity contribution is -0.385. The summed E-state index contributed by atoms with van der Waals surface area (Å²) in [5, 5.41) is 21.8. The summed E-state index contributed by atoms with van der Waals surface area (Å²) in [6, 6.07) is 6.15. The lowest BCUT2D eigenvalue weighted by atomic mass is 10.1. The van der Waals surface area contributed by atoms with E-state index in [2.05, 4.69) is 5.32 Å². The third-order valence-electron chi connectivity index (χ3n) is 2.20. The van der Waals surface area contributed by atoms with Crippen LogP contribution in [0.2, 0.25) is 0 Å². The van der Waals surface area contributed by atoms with Crippen molar-refractivity contribution in [1.29, 1.82) is 0 Å². The fraction of sp³-hybridized carbons (Fsp3) is 0.364. The SMILES string of the molecule is O=C(Cc1ccccc1[N+](=O)[O-])NCCCO. The largest absolute Gasteiger partial charge is 0.396 e. The van der Waals surface area contributed by atoms with E-state index in [0.29, 0.717) is 18.5 Å². The lowest BCUT2D eigenvalue weighted by Gasteiger charge is -2.04. The van der Waals surface area contributed by atoms with E-state index in [4.69, 9.17) is 5.11 Å². The number of nitro groups is 1. The van der Waals surface area contributed by atoms with Crippen LogP contribution in [0.15, 0.2) is 24.3 Å². The van der Waals surface area contributed by atoms with Gasteiger partial charge in [0, 0.05) is 24.8 Å². The Balaban J connectivity index is 2.61. The average molecular weight is 238 g/mol. The molecule has 0 unspecified atom stereocenters. The summed E-state index contributed by atoms with van der Waals surface area (Å²) in [6.45, 7) is 0.377. The van der Waals surface area contributed by atoms with Gasteiger partial charge in [-0.1, -0.05) is 18.2 Å². The van der Waals surface area contributed by atoms with Gasteiger partial charge < -0.3 is 10.4 Å². The monoisotopic (exact) mass is 238 g/mol. The van der Waals surface area contributed by atoms with Crippen molar-refractivity contribution in [1.82, 2.24) is 5.32 Å². The lowest BCUT2D eigenvalue weighted by Crippen LogP contribution is -2.26. The normalized spacial score (nSPS) is 9.94. The van der Waals surface area contributed by atoms with Gasteiger partial charge in [0.25, 0.3) is 5.69 Å². The Labute approximate surface area is 98.4 Å². The van der Waals surface area contributed by atoms with Gasteiger partial charge in [0.05, 0.1) is 11.3 Å².